The Morgan fingerprint density at radius 3 is 2.55 bits per heavy atom. The largest absolute Gasteiger partial charge is 0.268 e. The van der Waals surface area contributed by atoms with Crippen molar-refractivity contribution in [3.63, 3.8) is 0 Å². The van der Waals surface area contributed by atoms with Gasteiger partial charge in [0, 0.05) is 6.20 Å². The van der Waals surface area contributed by atoms with Crippen LogP contribution in [0.2, 0.25) is 0 Å². The molecule has 2 aromatic carbocycles. The molecule has 2 heterocycles. The highest BCUT2D eigenvalue weighted by Crippen LogP contribution is 2.24. The molecule has 0 amide bonds. The minimum Gasteiger partial charge on any atom is -0.268 e. The van der Waals surface area contributed by atoms with E-state index >= 15 is 0 Å². The number of para-hydroxylation sites is 1. The zero-order chi connectivity index (χ0) is 13.5. The first kappa shape index (κ1) is 11.4. The fourth-order valence-electron chi connectivity index (χ4n) is 2.37. The monoisotopic (exact) mass is 278 g/mol. The van der Waals surface area contributed by atoms with Crippen LogP contribution < -0.4 is 5.56 Å². The molecule has 96 valence electrons. The lowest BCUT2D eigenvalue weighted by Crippen LogP contribution is -2.15. The van der Waals surface area contributed by atoms with Crippen LogP contribution in [0.25, 0.3) is 26.3 Å². The minimum absolute atomic E-state index is 0.0151. The van der Waals surface area contributed by atoms with E-state index in [0.29, 0.717) is 5.56 Å². The van der Waals surface area contributed by atoms with Gasteiger partial charge in [0.25, 0.3) is 5.56 Å². The molecule has 4 aromatic rings. The third kappa shape index (κ3) is 1.58. The van der Waals surface area contributed by atoms with Crippen molar-refractivity contribution in [1.82, 2.24) is 9.38 Å². The van der Waals surface area contributed by atoms with Gasteiger partial charge in [-0.25, -0.2) is 4.98 Å². The SMILES string of the molecule is O=c1c(-c2ccccc2)cnc2sc3ccccc3n12. The van der Waals surface area contributed by atoms with Gasteiger partial charge in [0.15, 0.2) is 4.96 Å². The summed E-state index contributed by atoms with van der Waals surface area (Å²) in [6.45, 7) is 0. The maximum atomic E-state index is 12.7. The number of benzene rings is 2. The predicted octanol–water partition coefficient (Wildman–Crippen LogP) is 3.58. The highest BCUT2D eigenvalue weighted by molar-refractivity contribution is 7.23. The Hall–Kier alpha value is -2.46. The van der Waals surface area contributed by atoms with Crippen molar-refractivity contribution in [1.29, 1.82) is 0 Å². The average Bonchev–Trinajstić information content (AvgIpc) is 2.88. The van der Waals surface area contributed by atoms with Crippen molar-refractivity contribution in [3.8, 4) is 11.1 Å². The molecule has 0 saturated carbocycles. The Morgan fingerprint density at radius 2 is 1.70 bits per heavy atom. The second-order valence-electron chi connectivity index (χ2n) is 4.53. The van der Waals surface area contributed by atoms with Crippen molar-refractivity contribution in [2.24, 2.45) is 0 Å². The predicted molar refractivity (Wildman–Crippen MR) is 82.3 cm³/mol. The molecule has 0 bridgehead atoms. The third-order valence-corrected chi connectivity index (χ3v) is 4.36. The fraction of sp³-hybridized carbons (Fsp3) is 0. The van der Waals surface area contributed by atoms with Crippen LogP contribution in [0.5, 0.6) is 0 Å². The molecule has 0 unspecified atom stereocenters. The highest BCUT2D eigenvalue weighted by atomic mass is 32.1. The van der Waals surface area contributed by atoms with Gasteiger partial charge in [-0.15, -0.1) is 0 Å². The quantitative estimate of drug-likeness (QED) is 0.533. The van der Waals surface area contributed by atoms with Gasteiger partial charge >= 0.3 is 0 Å². The standard InChI is InChI=1S/C16H10N2OS/c19-15-12(11-6-2-1-3-7-11)10-17-16-18(15)13-8-4-5-9-14(13)20-16/h1-10H. The average molecular weight is 278 g/mol. The summed E-state index contributed by atoms with van der Waals surface area (Å²) in [6.07, 6.45) is 1.67. The molecule has 0 aliphatic carbocycles. The summed E-state index contributed by atoms with van der Waals surface area (Å²) in [6, 6.07) is 17.5. The third-order valence-electron chi connectivity index (χ3n) is 3.32. The lowest BCUT2D eigenvalue weighted by atomic mass is 10.1. The Morgan fingerprint density at radius 1 is 0.950 bits per heavy atom. The molecular weight excluding hydrogens is 268 g/mol. The topological polar surface area (TPSA) is 34.4 Å². The fourth-order valence-corrected chi connectivity index (χ4v) is 3.35. The second-order valence-corrected chi connectivity index (χ2v) is 5.54. The van der Waals surface area contributed by atoms with Crippen LogP contribution in [-0.2, 0) is 0 Å². The number of hydrogen-bond acceptors (Lipinski definition) is 3. The van der Waals surface area contributed by atoms with Crippen LogP contribution >= 0.6 is 11.3 Å². The van der Waals surface area contributed by atoms with Crippen LogP contribution in [0, 0.1) is 0 Å². The Kier molecular flexibility index (Phi) is 2.44. The first-order chi connectivity index (χ1) is 9.84. The van der Waals surface area contributed by atoms with Gasteiger partial charge in [-0.2, -0.15) is 0 Å². The lowest BCUT2D eigenvalue weighted by Gasteiger charge is -2.01. The smallest absolute Gasteiger partial charge is 0.266 e. The van der Waals surface area contributed by atoms with Crippen molar-refractivity contribution >= 4 is 26.5 Å². The Labute approximate surface area is 118 Å². The molecule has 0 atom stereocenters. The molecule has 0 N–H and O–H groups in total. The van der Waals surface area contributed by atoms with Gasteiger partial charge in [0.1, 0.15) is 0 Å². The molecule has 0 saturated heterocycles. The van der Waals surface area contributed by atoms with Crippen LogP contribution in [-0.4, -0.2) is 9.38 Å². The van der Waals surface area contributed by atoms with E-state index in [1.54, 1.807) is 10.6 Å². The summed E-state index contributed by atoms with van der Waals surface area (Å²) < 4.78 is 2.77. The van der Waals surface area contributed by atoms with Crippen molar-refractivity contribution in [2.75, 3.05) is 0 Å². The normalized spacial score (nSPS) is 11.2. The zero-order valence-electron chi connectivity index (χ0n) is 10.5. The maximum Gasteiger partial charge on any atom is 0.266 e. The molecule has 20 heavy (non-hydrogen) atoms. The molecule has 4 rings (SSSR count). The van der Waals surface area contributed by atoms with E-state index in [0.717, 1.165) is 20.7 Å². The lowest BCUT2D eigenvalue weighted by molar-refractivity contribution is 1.12. The van der Waals surface area contributed by atoms with Crippen LogP contribution in [0.1, 0.15) is 0 Å². The number of hydrogen-bond donors (Lipinski definition) is 0. The van der Waals surface area contributed by atoms with Gasteiger partial charge in [0.05, 0.1) is 15.8 Å². The Bertz CT molecular complexity index is 970. The number of aromatic nitrogens is 2. The Balaban J connectivity index is 2.13. The van der Waals surface area contributed by atoms with Crippen LogP contribution in [0.3, 0.4) is 0 Å². The van der Waals surface area contributed by atoms with E-state index in [2.05, 4.69) is 4.98 Å². The molecule has 0 radical (unpaired) electrons. The first-order valence-corrected chi connectivity index (χ1v) is 7.11. The molecular formula is C16H10N2OS. The van der Waals surface area contributed by atoms with Gasteiger partial charge < -0.3 is 0 Å². The van der Waals surface area contributed by atoms with Crippen molar-refractivity contribution in [3.05, 3.63) is 71.1 Å². The molecule has 3 nitrogen and oxygen atoms in total. The molecule has 4 heteroatoms. The van der Waals surface area contributed by atoms with Gasteiger partial charge in [-0.1, -0.05) is 53.8 Å². The van der Waals surface area contributed by atoms with E-state index in [4.69, 9.17) is 0 Å². The van der Waals surface area contributed by atoms with Crippen molar-refractivity contribution < 1.29 is 0 Å². The second kappa shape index (κ2) is 4.28. The number of fused-ring (bicyclic) bond motifs is 3. The number of rotatable bonds is 1. The maximum absolute atomic E-state index is 12.7. The van der Waals surface area contributed by atoms with Crippen LogP contribution in [0.4, 0.5) is 0 Å². The summed E-state index contributed by atoms with van der Waals surface area (Å²) in [5, 5.41) is 0. The molecule has 0 aliphatic heterocycles. The molecule has 0 spiro atoms. The first-order valence-electron chi connectivity index (χ1n) is 6.29. The summed E-state index contributed by atoms with van der Waals surface area (Å²) in [5.41, 5.74) is 2.43. The number of nitrogens with zero attached hydrogens (tertiary/aromatic N) is 2. The molecule has 0 fully saturated rings. The van der Waals surface area contributed by atoms with E-state index in [1.165, 1.54) is 11.3 Å². The molecule has 0 aliphatic rings. The minimum atomic E-state index is -0.0151. The van der Waals surface area contributed by atoms with E-state index < -0.39 is 0 Å². The summed E-state index contributed by atoms with van der Waals surface area (Å²) in [7, 11) is 0. The summed E-state index contributed by atoms with van der Waals surface area (Å²) >= 11 is 1.53. The van der Waals surface area contributed by atoms with Gasteiger partial charge in [-0.3, -0.25) is 9.20 Å². The molecule has 2 aromatic heterocycles. The zero-order valence-corrected chi connectivity index (χ0v) is 11.3. The van der Waals surface area contributed by atoms with Gasteiger partial charge in [-0.05, 0) is 17.7 Å². The van der Waals surface area contributed by atoms with E-state index in [9.17, 15) is 4.79 Å². The van der Waals surface area contributed by atoms with Crippen LogP contribution in [0.15, 0.2) is 65.6 Å². The van der Waals surface area contributed by atoms with E-state index in [1.807, 2.05) is 54.6 Å². The number of thiazole rings is 1. The van der Waals surface area contributed by atoms with E-state index in [-0.39, 0.29) is 5.56 Å². The summed E-state index contributed by atoms with van der Waals surface area (Å²) in [5.74, 6) is 0. The summed E-state index contributed by atoms with van der Waals surface area (Å²) in [4.78, 5) is 17.9. The van der Waals surface area contributed by atoms with Crippen molar-refractivity contribution in [2.45, 2.75) is 0 Å². The highest BCUT2D eigenvalue weighted by Gasteiger charge is 2.11. The van der Waals surface area contributed by atoms with Gasteiger partial charge in [0.2, 0.25) is 0 Å².